The summed E-state index contributed by atoms with van der Waals surface area (Å²) in [5.74, 6) is 4.59. The molecule has 122 valence electrons. The smallest absolute Gasteiger partial charge is 0.290 e. The number of carbonyl (C=O) groups excluding carboxylic acids is 1. The topological polar surface area (TPSA) is 72.9 Å². The number of benzene rings is 1. The Kier molecular flexibility index (Phi) is 3.85. The zero-order valence-corrected chi connectivity index (χ0v) is 12.2. The molecule has 0 saturated heterocycles. The second-order valence-corrected chi connectivity index (χ2v) is 5.41. The summed E-state index contributed by atoms with van der Waals surface area (Å²) in [6.07, 6.45) is -1.95. The van der Waals surface area contributed by atoms with Crippen molar-refractivity contribution < 1.29 is 18.0 Å². The van der Waals surface area contributed by atoms with Gasteiger partial charge in [0, 0.05) is 16.8 Å². The highest BCUT2D eigenvalue weighted by Crippen LogP contribution is 2.36. The van der Waals surface area contributed by atoms with Crippen LogP contribution in [0, 0.1) is 0 Å². The minimum atomic E-state index is -4.47. The number of hydrogen-bond donors (Lipinski definition) is 2. The van der Waals surface area contributed by atoms with E-state index >= 15 is 0 Å². The molecule has 0 fully saturated rings. The number of alkyl halides is 3. The average molecular weight is 324 g/mol. The maximum absolute atomic E-state index is 13.2. The van der Waals surface area contributed by atoms with Crippen LogP contribution in [0.1, 0.15) is 40.2 Å². The first kappa shape index (κ1) is 15.5. The first-order chi connectivity index (χ1) is 10.9. The Morgan fingerprint density at radius 2 is 1.83 bits per heavy atom. The highest BCUT2D eigenvalue weighted by molar-refractivity contribution is 5.93. The van der Waals surface area contributed by atoms with Gasteiger partial charge in [-0.25, -0.2) is 10.5 Å². The van der Waals surface area contributed by atoms with Crippen LogP contribution in [0.4, 0.5) is 13.2 Å². The number of nitrogens with zero attached hydrogens (tertiary/aromatic N) is 2. The number of rotatable bonds is 2. The maximum atomic E-state index is 13.2. The van der Waals surface area contributed by atoms with Gasteiger partial charge >= 0.3 is 6.18 Å². The van der Waals surface area contributed by atoms with Crippen molar-refractivity contribution in [1.29, 1.82) is 0 Å². The van der Waals surface area contributed by atoms with Crippen LogP contribution in [-0.4, -0.2) is 15.7 Å². The van der Waals surface area contributed by atoms with Crippen molar-refractivity contribution in [2.45, 2.75) is 31.9 Å². The highest BCUT2D eigenvalue weighted by Gasteiger charge is 2.39. The van der Waals surface area contributed by atoms with Crippen molar-refractivity contribution in [3.05, 3.63) is 46.8 Å². The largest absolute Gasteiger partial charge is 0.435 e. The van der Waals surface area contributed by atoms with E-state index in [1.807, 2.05) is 5.43 Å². The van der Waals surface area contributed by atoms with Gasteiger partial charge in [0.2, 0.25) is 0 Å². The van der Waals surface area contributed by atoms with Gasteiger partial charge in [0.15, 0.2) is 5.69 Å². The number of nitrogens with one attached hydrogen (secondary N) is 1. The van der Waals surface area contributed by atoms with E-state index in [1.165, 1.54) is 16.8 Å². The van der Waals surface area contributed by atoms with E-state index < -0.39 is 17.8 Å². The number of hydrazine groups is 1. The van der Waals surface area contributed by atoms with Crippen molar-refractivity contribution in [3.8, 4) is 5.69 Å². The number of carbonyl (C=O) groups is 1. The minimum Gasteiger partial charge on any atom is -0.290 e. The minimum absolute atomic E-state index is 0.285. The van der Waals surface area contributed by atoms with Crippen molar-refractivity contribution in [3.63, 3.8) is 0 Å². The fourth-order valence-electron chi connectivity index (χ4n) is 2.88. The van der Waals surface area contributed by atoms with Gasteiger partial charge in [0.1, 0.15) is 0 Å². The lowest BCUT2D eigenvalue weighted by Crippen LogP contribution is -2.29. The molecule has 3 rings (SSSR count). The second kappa shape index (κ2) is 5.69. The van der Waals surface area contributed by atoms with Crippen LogP contribution in [0.5, 0.6) is 0 Å². The fraction of sp³-hybridized carbons (Fsp3) is 0.333. The number of aromatic nitrogens is 2. The summed E-state index contributed by atoms with van der Waals surface area (Å²) in [5, 5.41) is 3.79. The molecule has 0 atom stereocenters. The van der Waals surface area contributed by atoms with Crippen LogP contribution in [-0.2, 0) is 19.0 Å². The fourth-order valence-corrected chi connectivity index (χ4v) is 2.88. The molecule has 0 aliphatic heterocycles. The van der Waals surface area contributed by atoms with Crippen LogP contribution in [0.3, 0.4) is 0 Å². The second-order valence-electron chi connectivity index (χ2n) is 5.41. The lowest BCUT2D eigenvalue weighted by atomic mass is 9.95. The monoisotopic (exact) mass is 324 g/mol. The predicted molar refractivity (Wildman–Crippen MR) is 76.9 cm³/mol. The van der Waals surface area contributed by atoms with E-state index in [2.05, 4.69) is 5.10 Å². The molecule has 2 aromatic rings. The zero-order valence-electron chi connectivity index (χ0n) is 12.2. The quantitative estimate of drug-likeness (QED) is 0.506. The molecule has 0 bridgehead atoms. The Morgan fingerprint density at radius 1 is 1.17 bits per heavy atom. The number of nitrogen functional groups attached to an aromatic ring is 1. The molecule has 1 aromatic carbocycles. The molecule has 1 aromatic heterocycles. The van der Waals surface area contributed by atoms with Crippen LogP contribution < -0.4 is 11.3 Å². The van der Waals surface area contributed by atoms with Crippen LogP contribution in [0.15, 0.2) is 24.3 Å². The van der Waals surface area contributed by atoms with Gasteiger partial charge in [-0.1, -0.05) is 0 Å². The third-order valence-electron chi connectivity index (χ3n) is 3.95. The van der Waals surface area contributed by atoms with Crippen LogP contribution >= 0.6 is 0 Å². The van der Waals surface area contributed by atoms with Crippen LogP contribution in [0.25, 0.3) is 5.69 Å². The van der Waals surface area contributed by atoms with Gasteiger partial charge in [-0.2, -0.15) is 18.3 Å². The van der Waals surface area contributed by atoms with E-state index in [1.54, 1.807) is 12.1 Å². The third-order valence-corrected chi connectivity index (χ3v) is 3.95. The summed E-state index contributed by atoms with van der Waals surface area (Å²) in [7, 11) is 0. The van der Waals surface area contributed by atoms with Crippen LogP contribution in [0.2, 0.25) is 0 Å². The summed E-state index contributed by atoms with van der Waals surface area (Å²) in [6.45, 7) is 0. The first-order valence-electron chi connectivity index (χ1n) is 7.21. The van der Waals surface area contributed by atoms with Crippen molar-refractivity contribution in [2.75, 3.05) is 0 Å². The summed E-state index contributed by atoms with van der Waals surface area (Å²) >= 11 is 0. The molecule has 1 aliphatic rings. The Balaban J connectivity index is 2.06. The summed E-state index contributed by atoms with van der Waals surface area (Å²) in [6, 6.07) is 6.13. The first-order valence-corrected chi connectivity index (χ1v) is 7.21. The van der Waals surface area contributed by atoms with E-state index in [9.17, 15) is 18.0 Å². The highest BCUT2D eigenvalue weighted by atomic mass is 19.4. The van der Waals surface area contributed by atoms with E-state index in [4.69, 9.17) is 5.84 Å². The molecule has 1 heterocycles. The molecule has 23 heavy (non-hydrogen) atoms. The molecule has 0 radical (unpaired) electrons. The molecule has 0 unspecified atom stereocenters. The molecule has 3 N–H and O–H groups in total. The Labute approximate surface area is 130 Å². The summed E-state index contributed by atoms with van der Waals surface area (Å²) < 4.78 is 40.9. The van der Waals surface area contributed by atoms with Crippen molar-refractivity contribution >= 4 is 5.91 Å². The molecule has 5 nitrogen and oxygen atoms in total. The number of nitrogens with two attached hydrogens (primary N) is 1. The summed E-state index contributed by atoms with van der Waals surface area (Å²) in [4.78, 5) is 11.4. The number of amides is 1. The number of hydrogen-bond acceptors (Lipinski definition) is 3. The Hall–Kier alpha value is -2.35. The van der Waals surface area contributed by atoms with Gasteiger partial charge < -0.3 is 0 Å². The molecule has 0 spiro atoms. The predicted octanol–water partition coefficient (Wildman–Crippen LogP) is 2.37. The zero-order chi connectivity index (χ0) is 16.6. The lowest BCUT2D eigenvalue weighted by Gasteiger charge is -2.14. The van der Waals surface area contributed by atoms with E-state index in [-0.39, 0.29) is 5.56 Å². The van der Waals surface area contributed by atoms with Gasteiger partial charge in [0.05, 0.1) is 5.69 Å². The molecule has 1 amide bonds. The molecular weight excluding hydrogens is 309 g/mol. The van der Waals surface area contributed by atoms with Gasteiger partial charge in [0.25, 0.3) is 5.91 Å². The number of halogens is 3. The number of fused-ring (bicyclic) bond motifs is 1. The Bertz CT molecular complexity index is 734. The van der Waals surface area contributed by atoms with E-state index in [0.717, 1.165) is 12.8 Å². The van der Waals surface area contributed by atoms with Gasteiger partial charge in [-0.15, -0.1) is 0 Å². The molecular formula is C15H15F3N4O. The van der Waals surface area contributed by atoms with Crippen molar-refractivity contribution in [1.82, 2.24) is 15.2 Å². The van der Waals surface area contributed by atoms with Crippen molar-refractivity contribution in [2.24, 2.45) is 5.84 Å². The Morgan fingerprint density at radius 3 is 2.43 bits per heavy atom. The molecule has 1 aliphatic carbocycles. The van der Waals surface area contributed by atoms with E-state index in [0.29, 0.717) is 29.8 Å². The maximum Gasteiger partial charge on any atom is 0.435 e. The third kappa shape index (κ3) is 2.81. The lowest BCUT2D eigenvalue weighted by molar-refractivity contribution is -0.142. The summed E-state index contributed by atoms with van der Waals surface area (Å²) in [5.41, 5.74) is 2.90. The molecule has 0 saturated carbocycles. The average Bonchev–Trinajstić information content (AvgIpc) is 2.94. The molecule has 8 heteroatoms. The SMILES string of the molecule is NNC(=O)c1ccc(-n2nc(C(F)(F)F)c3c2CCCC3)cc1. The van der Waals surface area contributed by atoms with Gasteiger partial charge in [-0.3, -0.25) is 10.2 Å². The van der Waals surface area contributed by atoms with Gasteiger partial charge in [-0.05, 0) is 49.9 Å². The standard InChI is InChI=1S/C15H15F3N4O/c16-15(17,18)13-11-3-1-2-4-12(11)22(21-13)10-7-5-9(6-8-10)14(23)20-19/h5-8H,1-4,19H2,(H,20,23). The normalized spacial score (nSPS) is 14.4.